The number of carbonyl (C=O) groups is 2. The second kappa shape index (κ2) is 8.68. The number of nitrogens with zero attached hydrogens (tertiary/aromatic N) is 3. The predicted octanol–water partition coefficient (Wildman–Crippen LogP) is 5.12. The standard InChI is InChI=1S/C23H21ClN6O2/c1-13(2)30-11-18(19-21(25)26-12-27-22(19)30)20(31)14-4-3-5-17(10-14)29-23(32)28-16-8-6-15(24)7-9-16/h3-13H,1-2H3,(H2,25,26,27)(H2,28,29,32). The second-order valence-corrected chi connectivity index (χ2v) is 7.93. The first-order valence-corrected chi connectivity index (χ1v) is 10.3. The molecule has 9 heteroatoms. The Hall–Kier alpha value is -3.91. The van der Waals surface area contributed by atoms with Crippen molar-refractivity contribution in [2.45, 2.75) is 19.9 Å². The van der Waals surface area contributed by atoms with Gasteiger partial charge in [0.2, 0.25) is 0 Å². The zero-order valence-corrected chi connectivity index (χ0v) is 18.2. The van der Waals surface area contributed by atoms with Crippen molar-refractivity contribution >= 4 is 51.6 Å². The Morgan fingerprint density at radius 3 is 2.47 bits per heavy atom. The van der Waals surface area contributed by atoms with Crippen LogP contribution in [0.15, 0.2) is 61.1 Å². The number of benzene rings is 2. The molecule has 2 amide bonds. The highest BCUT2D eigenvalue weighted by Crippen LogP contribution is 2.29. The molecule has 0 aliphatic rings. The van der Waals surface area contributed by atoms with Crippen LogP contribution in [0.2, 0.25) is 5.02 Å². The van der Waals surface area contributed by atoms with Crippen molar-refractivity contribution in [1.82, 2.24) is 14.5 Å². The SMILES string of the molecule is CC(C)n1cc(C(=O)c2cccc(NC(=O)Nc3ccc(Cl)cc3)c2)c2c(N)ncnc21. The summed E-state index contributed by atoms with van der Waals surface area (Å²) in [6.07, 6.45) is 3.13. The van der Waals surface area contributed by atoms with E-state index in [-0.39, 0.29) is 17.6 Å². The minimum atomic E-state index is -0.439. The zero-order chi connectivity index (χ0) is 22.8. The van der Waals surface area contributed by atoms with Crippen LogP contribution in [0.4, 0.5) is 22.0 Å². The summed E-state index contributed by atoms with van der Waals surface area (Å²) in [4.78, 5) is 34.0. The lowest BCUT2D eigenvalue weighted by Gasteiger charge is -2.09. The molecular weight excluding hydrogens is 428 g/mol. The van der Waals surface area contributed by atoms with Crippen LogP contribution < -0.4 is 16.4 Å². The first-order chi connectivity index (χ1) is 15.3. The first kappa shape index (κ1) is 21.3. The van der Waals surface area contributed by atoms with Crippen LogP contribution in [-0.4, -0.2) is 26.3 Å². The van der Waals surface area contributed by atoms with E-state index in [1.807, 2.05) is 18.4 Å². The highest BCUT2D eigenvalue weighted by atomic mass is 35.5. The molecule has 32 heavy (non-hydrogen) atoms. The summed E-state index contributed by atoms with van der Waals surface area (Å²) in [6.45, 7) is 3.99. The summed E-state index contributed by atoms with van der Waals surface area (Å²) in [6, 6.07) is 13.1. The molecule has 0 aliphatic heterocycles. The lowest BCUT2D eigenvalue weighted by atomic mass is 10.0. The summed E-state index contributed by atoms with van der Waals surface area (Å²) in [5, 5.41) is 6.54. The molecule has 0 radical (unpaired) electrons. The van der Waals surface area contributed by atoms with Crippen LogP contribution in [0.3, 0.4) is 0 Å². The van der Waals surface area contributed by atoms with Gasteiger partial charge in [-0.15, -0.1) is 0 Å². The van der Waals surface area contributed by atoms with Gasteiger partial charge in [0.1, 0.15) is 17.8 Å². The molecule has 0 fully saturated rings. The number of hydrogen-bond acceptors (Lipinski definition) is 5. The molecular formula is C23H21ClN6O2. The number of nitrogens with one attached hydrogen (secondary N) is 2. The summed E-state index contributed by atoms with van der Waals surface area (Å²) in [5.41, 5.74) is 8.56. The number of hydrogen-bond donors (Lipinski definition) is 3. The molecule has 0 unspecified atom stereocenters. The van der Waals surface area contributed by atoms with Crippen molar-refractivity contribution in [3.05, 3.63) is 77.2 Å². The average Bonchev–Trinajstić information content (AvgIpc) is 3.16. The predicted molar refractivity (Wildman–Crippen MR) is 126 cm³/mol. The van der Waals surface area contributed by atoms with Crippen LogP contribution >= 0.6 is 11.6 Å². The Kier molecular flexibility index (Phi) is 5.79. The van der Waals surface area contributed by atoms with Gasteiger partial charge in [0.05, 0.1) is 10.9 Å². The first-order valence-electron chi connectivity index (χ1n) is 9.93. The van der Waals surface area contributed by atoms with E-state index in [1.165, 1.54) is 6.33 Å². The molecule has 0 saturated heterocycles. The molecule has 0 bridgehead atoms. The molecule has 162 valence electrons. The monoisotopic (exact) mass is 448 g/mol. The van der Waals surface area contributed by atoms with Gasteiger partial charge in [0, 0.05) is 34.2 Å². The van der Waals surface area contributed by atoms with Crippen LogP contribution in [0.1, 0.15) is 35.8 Å². The minimum absolute atomic E-state index is 0.0814. The number of nitrogen functional groups attached to an aromatic ring is 1. The fourth-order valence-corrected chi connectivity index (χ4v) is 3.52. The van der Waals surface area contributed by atoms with Crippen LogP contribution in [-0.2, 0) is 0 Å². The smallest absolute Gasteiger partial charge is 0.323 e. The van der Waals surface area contributed by atoms with Gasteiger partial charge < -0.3 is 20.9 Å². The summed E-state index contributed by atoms with van der Waals surface area (Å²) in [5.74, 6) is 0.00651. The molecule has 0 spiro atoms. The number of halogens is 1. The molecule has 4 rings (SSSR count). The third-order valence-electron chi connectivity index (χ3n) is 4.92. The second-order valence-electron chi connectivity index (χ2n) is 7.50. The van der Waals surface area contributed by atoms with Crippen molar-refractivity contribution in [2.24, 2.45) is 0 Å². The average molecular weight is 449 g/mol. The van der Waals surface area contributed by atoms with E-state index in [9.17, 15) is 9.59 Å². The normalized spacial score (nSPS) is 11.0. The number of amides is 2. The van der Waals surface area contributed by atoms with Gasteiger partial charge in [-0.05, 0) is 50.2 Å². The number of carbonyl (C=O) groups excluding carboxylic acids is 2. The van der Waals surface area contributed by atoms with E-state index in [0.717, 1.165) is 0 Å². The Balaban J connectivity index is 1.60. The van der Waals surface area contributed by atoms with Gasteiger partial charge in [-0.3, -0.25) is 4.79 Å². The van der Waals surface area contributed by atoms with Crippen LogP contribution in [0.25, 0.3) is 11.0 Å². The van der Waals surface area contributed by atoms with Gasteiger partial charge in [0.15, 0.2) is 5.78 Å². The third-order valence-corrected chi connectivity index (χ3v) is 5.18. The Labute approximate surface area is 189 Å². The van der Waals surface area contributed by atoms with Crippen molar-refractivity contribution in [3.63, 3.8) is 0 Å². The summed E-state index contributed by atoms with van der Waals surface area (Å²) in [7, 11) is 0. The molecule has 4 N–H and O–H groups in total. The van der Waals surface area contributed by atoms with Crippen LogP contribution in [0, 0.1) is 0 Å². The number of ketones is 1. The fourth-order valence-electron chi connectivity index (χ4n) is 3.39. The summed E-state index contributed by atoms with van der Waals surface area (Å²) >= 11 is 5.86. The topological polar surface area (TPSA) is 115 Å². The fraction of sp³-hybridized carbons (Fsp3) is 0.130. The van der Waals surface area contributed by atoms with Crippen molar-refractivity contribution in [2.75, 3.05) is 16.4 Å². The Morgan fingerprint density at radius 1 is 1.03 bits per heavy atom. The molecule has 2 heterocycles. The number of aromatic nitrogens is 3. The van der Waals surface area contributed by atoms with Gasteiger partial charge in [-0.2, -0.15) is 0 Å². The van der Waals surface area contributed by atoms with Gasteiger partial charge in [-0.25, -0.2) is 14.8 Å². The molecule has 0 saturated carbocycles. The number of nitrogens with two attached hydrogens (primary N) is 1. The Morgan fingerprint density at radius 2 is 1.75 bits per heavy atom. The molecule has 2 aromatic carbocycles. The molecule has 0 aliphatic carbocycles. The van der Waals surface area contributed by atoms with Gasteiger partial charge in [0.25, 0.3) is 0 Å². The number of anilines is 3. The van der Waals surface area contributed by atoms with Crippen molar-refractivity contribution < 1.29 is 9.59 Å². The van der Waals surface area contributed by atoms with E-state index in [2.05, 4.69) is 20.6 Å². The number of rotatable bonds is 5. The quantitative estimate of drug-likeness (QED) is 0.366. The lowest BCUT2D eigenvalue weighted by Crippen LogP contribution is -2.19. The molecule has 2 aromatic heterocycles. The lowest BCUT2D eigenvalue weighted by molar-refractivity contribution is 0.104. The Bertz CT molecular complexity index is 1310. The van der Waals surface area contributed by atoms with E-state index in [4.69, 9.17) is 17.3 Å². The maximum absolute atomic E-state index is 13.3. The van der Waals surface area contributed by atoms with Gasteiger partial charge in [-0.1, -0.05) is 23.7 Å². The third kappa shape index (κ3) is 4.26. The maximum Gasteiger partial charge on any atom is 0.323 e. The highest BCUT2D eigenvalue weighted by molar-refractivity contribution is 6.30. The van der Waals surface area contributed by atoms with Crippen molar-refractivity contribution in [1.29, 1.82) is 0 Å². The zero-order valence-electron chi connectivity index (χ0n) is 17.5. The van der Waals surface area contributed by atoms with E-state index in [0.29, 0.717) is 38.6 Å². The van der Waals surface area contributed by atoms with Gasteiger partial charge >= 0.3 is 6.03 Å². The van der Waals surface area contributed by atoms with E-state index >= 15 is 0 Å². The van der Waals surface area contributed by atoms with E-state index < -0.39 is 6.03 Å². The molecule has 4 aromatic rings. The maximum atomic E-state index is 13.3. The minimum Gasteiger partial charge on any atom is -0.383 e. The largest absolute Gasteiger partial charge is 0.383 e. The van der Waals surface area contributed by atoms with Crippen LogP contribution in [0.5, 0.6) is 0 Å². The highest BCUT2D eigenvalue weighted by Gasteiger charge is 2.21. The van der Waals surface area contributed by atoms with Crippen molar-refractivity contribution in [3.8, 4) is 0 Å². The summed E-state index contributed by atoms with van der Waals surface area (Å²) < 4.78 is 1.89. The molecule has 0 atom stereocenters. The molecule has 8 nitrogen and oxygen atoms in total. The number of urea groups is 1. The number of fused-ring (bicyclic) bond motifs is 1. The van der Waals surface area contributed by atoms with E-state index in [1.54, 1.807) is 54.7 Å².